The highest BCUT2D eigenvalue weighted by Gasteiger charge is 2.30. The molecule has 1 saturated carbocycles. The van der Waals surface area contributed by atoms with Crippen molar-refractivity contribution in [2.45, 2.75) is 57.4 Å². The van der Waals surface area contributed by atoms with Crippen molar-refractivity contribution in [1.29, 1.82) is 0 Å². The topological polar surface area (TPSA) is 105 Å². The smallest absolute Gasteiger partial charge is 0.407 e. The lowest BCUT2D eigenvalue weighted by atomic mass is 9.85. The summed E-state index contributed by atoms with van der Waals surface area (Å²) in [7, 11) is 0. The number of carboxylic acids is 1. The van der Waals surface area contributed by atoms with Crippen LogP contribution in [-0.2, 0) is 14.3 Å². The lowest BCUT2D eigenvalue weighted by Crippen LogP contribution is -2.42. The van der Waals surface area contributed by atoms with Crippen LogP contribution in [-0.4, -0.2) is 42.3 Å². The van der Waals surface area contributed by atoms with E-state index in [1.165, 1.54) is 22.3 Å². The minimum Gasteiger partial charge on any atom is -0.481 e. The van der Waals surface area contributed by atoms with E-state index in [-0.39, 0.29) is 42.7 Å². The van der Waals surface area contributed by atoms with Gasteiger partial charge in [0.1, 0.15) is 6.61 Å². The minimum atomic E-state index is -0.814. The third kappa shape index (κ3) is 6.21. The Morgan fingerprint density at radius 1 is 0.971 bits per heavy atom. The van der Waals surface area contributed by atoms with Crippen LogP contribution in [0, 0.1) is 11.8 Å². The molecule has 0 heterocycles. The molecule has 1 fully saturated rings. The molecule has 0 aliphatic heterocycles. The number of hydrogen-bond acceptors (Lipinski definition) is 4. The fraction of sp³-hybridized carbons (Fsp3) is 0.464. The van der Waals surface area contributed by atoms with Gasteiger partial charge in [-0.2, -0.15) is 0 Å². The number of carbonyl (C=O) groups excluding carboxylic acids is 2. The van der Waals surface area contributed by atoms with E-state index in [4.69, 9.17) is 9.84 Å². The molecule has 2 aromatic rings. The van der Waals surface area contributed by atoms with Gasteiger partial charge in [0.25, 0.3) is 0 Å². The molecule has 186 valence electrons. The molecule has 0 saturated heterocycles. The molecule has 35 heavy (non-hydrogen) atoms. The first-order chi connectivity index (χ1) is 16.9. The summed E-state index contributed by atoms with van der Waals surface area (Å²) in [6, 6.07) is 16.5. The summed E-state index contributed by atoms with van der Waals surface area (Å²) in [4.78, 5) is 35.7. The second-order valence-corrected chi connectivity index (χ2v) is 9.80. The number of rotatable bonds is 9. The highest BCUT2D eigenvalue weighted by atomic mass is 16.5. The van der Waals surface area contributed by atoms with Crippen LogP contribution in [0.3, 0.4) is 0 Å². The molecule has 0 aromatic heterocycles. The number of benzene rings is 2. The zero-order chi connectivity index (χ0) is 24.8. The second kappa shape index (κ2) is 11.4. The van der Waals surface area contributed by atoms with Crippen molar-refractivity contribution in [3.63, 3.8) is 0 Å². The summed E-state index contributed by atoms with van der Waals surface area (Å²) in [5, 5.41) is 14.7. The second-order valence-electron chi connectivity index (χ2n) is 9.80. The normalized spacial score (nSPS) is 19.8. The standard InChI is InChI=1S/C28H34N2O5/c1-18(10-15-26(31)32)16-29-27(33)19-11-13-20(14-12-19)30-28(34)35-17-25-23-8-4-2-6-21(23)22-7-3-5-9-24(22)25/h2-9,18-20,25H,10-17H2,1H3,(H,29,33)(H,30,34)(H,31,32). The average molecular weight is 479 g/mol. The summed E-state index contributed by atoms with van der Waals surface area (Å²) in [5.41, 5.74) is 4.77. The Morgan fingerprint density at radius 3 is 2.17 bits per heavy atom. The predicted octanol–water partition coefficient (Wildman–Crippen LogP) is 4.70. The number of carboxylic acid groups (broad SMARTS) is 1. The largest absolute Gasteiger partial charge is 0.481 e. The lowest BCUT2D eigenvalue weighted by molar-refractivity contribution is -0.137. The molecule has 7 heteroatoms. The van der Waals surface area contributed by atoms with E-state index < -0.39 is 12.1 Å². The third-order valence-corrected chi connectivity index (χ3v) is 7.24. The number of nitrogens with one attached hydrogen (secondary N) is 2. The van der Waals surface area contributed by atoms with Gasteiger partial charge in [-0.15, -0.1) is 0 Å². The van der Waals surface area contributed by atoms with Crippen molar-refractivity contribution < 1.29 is 24.2 Å². The Kier molecular flexibility index (Phi) is 8.06. The van der Waals surface area contributed by atoms with Gasteiger partial charge in [0.2, 0.25) is 5.91 Å². The molecule has 0 radical (unpaired) electrons. The molecule has 1 atom stereocenters. The van der Waals surface area contributed by atoms with Gasteiger partial charge in [0.15, 0.2) is 0 Å². The zero-order valence-corrected chi connectivity index (χ0v) is 20.2. The Morgan fingerprint density at radius 2 is 1.57 bits per heavy atom. The van der Waals surface area contributed by atoms with E-state index in [0.717, 1.165) is 12.8 Å². The van der Waals surface area contributed by atoms with E-state index in [0.29, 0.717) is 25.8 Å². The molecule has 2 aliphatic rings. The molecular weight excluding hydrogens is 444 g/mol. The molecule has 1 unspecified atom stereocenters. The number of alkyl carbamates (subject to hydrolysis) is 1. The van der Waals surface area contributed by atoms with Crippen LogP contribution in [0.25, 0.3) is 11.1 Å². The van der Waals surface area contributed by atoms with Gasteiger partial charge in [-0.1, -0.05) is 55.5 Å². The molecule has 7 nitrogen and oxygen atoms in total. The quantitative estimate of drug-likeness (QED) is 0.485. The van der Waals surface area contributed by atoms with Crippen LogP contribution in [0.1, 0.15) is 62.5 Å². The summed E-state index contributed by atoms with van der Waals surface area (Å²) >= 11 is 0. The maximum absolute atomic E-state index is 12.5. The third-order valence-electron chi connectivity index (χ3n) is 7.24. The molecule has 2 aromatic carbocycles. The molecule has 0 spiro atoms. The first-order valence-corrected chi connectivity index (χ1v) is 12.5. The van der Waals surface area contributed by atoms with Crippen molar-refractivity contribution in [2.24, 2.45) is 11.8 Å². The predicted molar refractivity (Wildman–Crippen MR) is 133 cm³/mol. The van der Waals surface area contributed by atoms with Crippen LogP contribution in [0.2, 0.25) is 0 Å². The number of ether oxygens (including phenoxy) is 1. The molecule has 0 bridgehead atoms. The van der Waals surface area contributed by atoms with E-state index in [1.807, 2.05) is 31.2 Å². The SMILES string of the molecule is CC(CCC(=O)O)CNC(=O)C1CCC(NC(=O)OCC2c3ccccc3-c3ccccc32)CC1. The minimum absolute atomic E-state index is 0.00388. The maximum atomic E-state index is 12.5. The van der Waals surface area contributed by atoms with E-state index in [2.05, 4.69) is 34.9 Å². The first kappa shape index (κ1) is 24.8. The molecule has 2 amide bonds. The van der Waals surface area contributed by atoms with E-state index in [9.17, 15) is 14.4 Å². The van der Waals surface area contributed by atoms with Crippen LogP contribution in [0.5, 0.6) is 0 Å². The van der Waals surface area contributed by atoms with Crippen LogP contribution < -0.4 is 10.6 Å². The molecule has 4 rings (SSSR count). The Balaban J connectivity index is 1.20. The highest BCUT2D eigenvalue weighted by Crippen LogP contribution is 2.44. The van der Waals surface area contributed by atoms with E-state index in [1.54, 1.807) is 0 Å². The molecule has 2 aliphatic carbocycles. The van der Waals surface area contributed by atoms with Gasteiger partial charge in [-0.3, -0.25) is 9.59 Å². The number of hydrogen-bond donors (Lipinski definition) is 3. The van der Waals surface area contributed by atoms with Crippen LogP contribution in [0.15, 0.2) is 48.5 Å². The fourth-order valence-electron chi connectivity index (χ4n) is 5.20. The van der Waals surface area contributed by atoms with Crippen molar-refractivity contribution in [3.8, 4) is 11.1 Å². The van der Waals surface area contributed by atoms with Crippen molar-refractivity contribution in [2.75, 3.05) is 13.2 Å². The van der Waals surface area contributed by atoms with Gasteiger partial charge in [-0.25, -0.2) is 4.79 Å². The molecular formula is C28H34N2O5. The Bertz CT molecular complexity index is 1020. The van der Waals surface area contributed by atoms with Gasteiger partial charge >= 0.3 is 12.1 Å². The number of carbonyl (C=O) groups is 3. The van der Waals surface area contributed by atoms with Crippen molar-refractivity contribution in [1.82, 2.24) is 10.6 Å². The van der Waals surface area contributed by atoms with Gasteiger partial charge < -0.3 is 20.5 Å². The average Bonchev–Trinajstić information content (AvgIpc) is 3.19. The van der Waals surface area contributed by atoms with Crippen molar-refractivity contribution in [3.05, 3.63) is 59.7 Å². The zero-order valence-electron chi connectivity index (χ0n) is 20.2. The number of amides is 2. The fourth-order valence-corrected chi connectivity index (χ4v) is 5.20. The Labute approximate surface area is 206 Å². The van der Waals surface area contributed by atoms with E-state index >= 15 is 0 Å². The van der Waals surface area contributed by atoms with Gasteiger partial charge in [-0.05, 0) is 60.3 Å². The monoisotopic (exact) mass is 478 g/mol. The summed E-state index contributed by atoms with van der Waals surface area (Å²) < 4.78 is 5.65. The van der Waals surface area contributed by atoms with Gasteiger partial charge in [0.05, 0.1) is 0 Å². The first-order valence-electron chi connectivity index (χ1n) is 12.5. The number of fused-ring (bicyclic) bond motifs is 3. The maximum Gasteiger partial charge on any atom is 0.407 e. The summed E-state index contributed by atoms with van der Waals surface area (Å²) in [6.45, 7) is 2.72. The van der Waals surface area contributed by atoms with Crippen molar-refractivity contribution >= 4 is 18.0 Å². The summed E-state index contributed by atoms with van der Waals surface area (Å²) in [6.07, 6.45) is 3.14. The van der Waals surface area contributed by atoms with Gasteiger partial charge in [0, 0.05) is 30.8 Å². The highest BCUT2D eigenvalue weighted by molar-refractivity contribution is 5.79. The Hall–Kier alpha value is -3.35. The molecule has 3 N–H and O–H groups in total. The summed E-state index contributed by atoms with van der Waals surface area (Å²) in [5.74, 6) is -0.702. The van der Waals surface area contributed by atoms with Crippen LogP contribution >= 0.6 is 0 Å². The number of aliphatic carboxylic acids is 1. The lowest BCUT2D eigenvalue weighted by Gasteiger charge is -2.28. The van der Waals surface area contributed by atoms with Crippen LogP contribution in [0.4, 0.5) is 4.79 Å².